The van der Waals surface area contributed by atoms with E-state index in [9.17, 15) is 9.90 Å². The summed E-state index contributed by atoms with van der Waals surface area (Å²) in [4.78, 5) is 10.5. The van der Waals surface area contributed by atoms with Gasteiger partial charge in [0.1, 0.15) is 5.75 Å². The second kappa shape index (κ2) is 7.34. The van der Waals surface area contributed by atoms with Gasteiger partial charge in [0.2, 0.25) is 0 Å². The van der Waals surface area contributed by atoms with Crippen molar-refractivity contribution in [2.45, 2.75) is 19.8 Å². The van der Waals surface area contributed by atoms with Gasteiger partial charge in [0, 0.05) is 19.1 Å². The average Bonchev–Trinajstić information content (AvgIpc) is 2.25. The first-order valence-electron chi connectivity index (χ1n) is 5.45. The molecule has 0 saturated heterocycles. The molecule has 1 N–H and O–H groups in total. The lowest BCUT2D eigenvalue weighted by Gasteiger charge is -2.10. The standard InChI is InChI=1S/C12H14Cl2O4/c1-8(15)17-4-2-3-5-18-12-10(13)6-9(16)7-11(12)14/h6-7,16H,2-5H2,1H3. The molecule has 0 aliphatic rings. The van der Waals surface area contributed by atoms with Gasteiger partial charge in [-0.3, -0.25) is 4.79 Å². The Kier molecular flexibility index (Phi) is 6.09. The molecule has 18 heavy (non-hydrogen) atoms. The van der Waals surface area contributed by atoms with E-state index in [0.717, 1.165) is 0 Å². The van der Waals surface area contributed by atoms with Gasteiger partial charge >= 0.3 is 5.97 Å². The number of unbranched alkanes of at least 4 members (excludes halogenated alkanes) is 1. The second-order valence-electron chi connectivity index (χ2n) is 3.63. The molecule has 1 rings (SSSR count). The van der Waals surface area contributed by atoms with Gasteiger partial charge in [0.25, 0.3) is 0 Å². The normalized spacial score (nSPS) is 10.2. The highest BCUT2D eigenvalue weighted by molar-refractivity contribution is 6.37. The Hall–Kier alpha value is -1.13. The maximum Gasteiger partial charge on any atom is 0.302 e. The number of hydrogen-bond acceptors (Lipinski definition) is 4. The van der Waals surface area contributed by atoms with Crippen molar-refractivity contribution in [2.24, 2.45) is 0 Å². The number of phenolic OH excluding ortho intramolecular Hbond substituents is 1. The SMILES string of the molecule is CC(=O)OCCCCOc1c(Cl)cc(O)cc1Cl. The molecule has 1 aromatic carbocycles. The summed E-state index contributed by atoms with van der Waals surface area (Å²) in [5, 5.41) is 9.77. The molecule has 0 aliphatic carbocycles. The van der Waals surface area contributed by atoms with E-state index in [-0.39, 0.29) is 21.8 Å². The quantitative estimate of drug-likeness (QED) is 0.645. The zero-order valence-electron chi connectivity index (χ0n) is 9.91. The van der Waals surface area contributed by atoms with Crippen LogP contribution in [0.3, 0.4) is 0 Å². The van der Waals surface area contributed by atoms with Crippen LogP contribution >= 0.6 is 23.2 Å². The number of esters is 1. The summed E-state index contributed by atoms with van der Waals surface area (Å²) in [6.07, 6.45) is 1.41. The Morgan fingerprint density at radius 1 is 1.22 bits per heavy atom. The summed E-state index contributed by atoms with van der Waals surface area (Å²) in [6.45, 7) is 2.15. The molecule has 0 bridgehead atoms. The minimum absolute atomic E-state index is 0.00721. The molecule has 0 radical (unpaired) electrons. The molecular weight excluding hydrogens is 279 g/mol. The van der Waals surface area contributed by atoms with Crippen molar-refractivity contribution >= 4 is 29.2 Å². The molecule has 0 fully saturated rings. The Balaban J connectivity index is 2.33. The molecule has 0 heterocycles. The third-order valence-electron chi connectivity index (χ3n) is 2.07. The Morgan fingerprint density at radius 3 is 2.33 bits per heavy atom. The van der Waals surface area contributed by atoms with Crippen molar-refractivity contribution in [3.8, 4) is 11.5 Å². The van der Waals surface area contributed by atoms with Crippen molar-refractivity contribution < 1.29 is 19.4 Å². The van der Waals surface area contributed by atoms with Gasteiger partial charge in [0.15, 0.2) is 5.75 Å². The van der Waals surface area contributed by atoms with E-state index in [1.54, 1.807) is 0 Å². The molecule has 0 amide bonds. The van der Waals surface area contributed by atoms with Crippen molar-refractivity contribution in [1.82, 2.24) is 0 Å². The first-order chi connectivity index (χ1) is 8.50. The molecular formula is C12H14Cl2O4. The maximum absolute atomic E-state index is 10.5. The molecule has 0 saturated carbocycles. The topological polar surface area (TPSA) is 55.8 Å². The van der Waals surface area contributed by atoms with Gasteiger partial charge < -0.3 is 14.6 Å². The van der Waals surface area contributed by atoms with Crippen molar-refractivity contribution in [3.63, 3.8) is 0 Å². The number of carbonyl (C=O) groups is 1. The fourth-order valence-electron chi connectivity index (χ4n) is 1.28. The summed E-state index contributed by atoms with van der Waals surface area (Å²) < 4.78 is 10.2. The zero-order valence-corrected chi connectivity index (χ0v) is 11.4. The smallest absolute Gasteiger partial charge is 0.302 e. The van der Waals surface area contributed by atoms with Gasteiger partial charge in [-0.25, -0.2) is 0 Å². The van der Waals surface area contributed by atoms with Crippen LogP contribution in [-0.4, -0.2) is 24.3 Å². The number of benzene rings is 1. The molecule has 100 valence electrons. The molecule has 0 atom stereocenters. The molecule has 6 heteroatoms. The summed E-state index contributed by atoms with van der Waals surface area (Å²) in [6, 6.07) is 2.73. The monoisotopic (exact) mass is 292 g/mol. The van der Waals surface area contributed by atoms with Crippen LogP contribution in [0, 0.1) is 0 Å². The van der Waals surface area contributed by atoms with E-state index in [4.69, 9.17) is 32.7 Å². The average molecular weight is 293 g/mol. The lowest BCUT2D eigenvalue weighted by atomic mass is 10.3. The molecule has 1 aromatic rings. The number of halogens is 2. The van der Waals surface area contributed by atoms with Gasteiger partial charge in [-0.05, 0) is 12.8 Å². The Morgan fingerprint density at radius 2 is 1.78 bits per heavy atom. The number of hydrogen-bond donors (Lipinski definition) is 1. The van der Waals surface area contributed by atoms with Crippen LogP contribution in [0.4, 0.5) is 0 Å². The number of phenols is 1. The summed E-state index contributed by atoms with van der Waals surface area (Å²) in [7, 11) is 0. The van der Waals surface area contributed by atoms with Crippen LogP contribution in [0.1, 0.15) is 19.8 Å². The predicted molar refractivity (Wildman–Crippen MR) is 69.5 cm³/mol. The van der Waals surface area contributed by atoms with Gasteiger partial charge in [-0.1, -0.05) is 23.2 Å². The zero-order chi connectivity index (χ0) is 13.5. The highest BCUT2D eigenvalue weighted by Gasteiger charge is 2.09. The molecule has 0 unspecified atom stereocenters. The number of rotatable bonds is 6. The number of ether oxygens (including phenoxy) is 2. The molecule has 0 aliphatic heterocycles. The van der Waals surface area contributed by atoms with Crippen molar-refractivity contribution in [2.75, 3.05) is 13.2 Å². The van der Waals surface area contributed by atoms with Gasteiger partial charge in [-0.2, -0.15) is 0 Å². The van der Waals surface area contributed by atoms with Crippen molar-refractivity contribution in [1.29, 1.82) is 0 Å². The maximum atomic E-state index is 10.5. The second-order valence-corrected chi connectivity index (χ2v) is 4.45. The first kappa shape index (κ1) is 14.9. The van der Waals surface area contributed by atoms with Gasteiger partial charge in [-0.15, -0.1) is 0 Å². The van der Waals surface area contributed by atoms with Crippen LogP contribution in [0.2, 0.25) is 10.0 Å². The highest BCUT2D eigenvalue weighted by Crippen LogP contribution is 2.36. The largest absolute Gasteiger partial charge is 0.508 e. The first-order valence-corrected chi connectivity index (χ1v) is 6.20. The lowest BCUT2D eigenvalue weighted by Crippen LogP contribution is -2.04. The number of aromatic hydroxyl groups is 1. The summed E-state index contributed by atoms with van der Waals surface area (Å²) in [5.41, 5.74) is 0. The fourth-order valence-corrected chi connectivity index (χ4v) is 1.86. The minimum Gasteiger partial charge on any atom is -0.508 e. The third kappa shape index (κ3) is 5.02. The van der Waals surface area contributed by atoms with E-state index in [1.807, 2.05) is 0 Å². The molecule has 0 aromatic heterocycles. The van der Waals surface area contributed by atoms with Crippen LogP contribution in [0.15, 0.2) is 12.1 Å². The number of carbonyl (C=O) groups excluding carboxylic acids is 1. The third-order valence-corrected chi connectivity index (χ3v) is 2.63. The van der Waals surface area contributed by atoms with E-state index in [2.05, 4.69) is 0 Å². The van der Waals surface area contributed by atoms with E-state index in [1.165, 1.54) is 19.1 Å². The van der Waals surface area contributed by atoms with Crippen LogP contribution in [0.25, 0.3) is 0 Å². The van der Waals surface area contributed by atoms with Gasteiger partial charge in [0.05, 0.1) is 23.3 Å². The molecule has 0 spiro atoms. The molecule has 4 nitrogen and oxygen atoms in total. The Labute approximate surface area is 115 Å². The fraction of sp³-hybridized carbons (Fsp3) is 0.417. The van der Waals surface area contributed by atoms with E-state index >= 15 is 0 Å². The highest BCUT2D eigenvalue weighted by atomic mass is 35.5. The van der Waals surface area contributed by atoms with Crippen molar-refractivity contribution in [3.05, 3.63) is 22.2 Å². The Bertz CT molecular complexity index is 398. The summed E-state index contributed by atoms with van der Waals surface area (Å²) >= 11 is 11.8. The lowest BCUT2D eigenvalue weighted by molar-refractivity contribution is -0.141. The summed E-state index contributed by atoms with van der Waals surface area (Å²) in [5.74, 6) is 0.0522. The van der Waals surface area contributed by atoms with Crippen LogP contribution < -0.4 is 4.74 Å². The van der Waals surface area contributed by atoms with E-state index in [0.29, 0.717) is 31.8 Å². The van der Waals surface area contributed by atoms with Crippen LogP contribution in [0.5, 0.6) is 11.5 Å². The minimum atomic E-state index is -0.291. The predicted octanol–water partition coefficient (Wildman–Crippen LogP) is 3.42. The van der Waals surface area contributed by atoms with Crippen LogP contribution in [-0.2, 0) is 9.53 Å². The van der Waals surface area contributed by atoms with E-state index < -0.39 is 0 Å².